The summed E-state index contributed by atoms with van der Waals surface area (Å²) in [5.74, 6) is 6.46. The molecule has 1 aliphatic heterocycles. The third-order valence-electron chi connectivity index (χ3n) is 3.51. The second-order valence-corrected chi connectivity index (χ2v) is 5.19. The number of anilines is 2. The molecule has 6 nitrogen and oxygen atoms in total. The highest BCUT2D eigenvalue weighted by Crippen LogP contribution is 2.27. The zero-order valence-electron chi connectivity index (χ0n) is 10.9. The number of hydrazine groups is 1. The van der Waals surface area contributed by atoms with Crippen LogP contribution in [-0.4, -0.2) is 47.1 Å². The lowest BCUT2D eigenvalue weighted by Gasteiger charge is -2.43. The number of aromatic nitrogens is 2. The predicted octanol–water partition coefficient (Wildman–Crippen LogP) is 0.944. The number of nitrogens with one attached hydrogen (secondary N) is 1. The number of nitrogens with two attached hydrogens (primary N) is 1. The van der Waals surface area contributed by atoms with Crippen molar-refractivity contribution < 1.29 is 0 Å². The summed E-state index contributed by atoms with van der Waals surface area (Å²) in [6.07, 6.45) is 1.58. The summed E-state index contributed by atoms with van der Waals surface area (Å²) < 4.78 is 0. The van der Waals surface area contributed by atoms with E-state index in [0.717, 1.165) is 18.9 Å². The summed E-state index contributed by atoms with van der Waals surface area (Å²) in [6, 6.07) is 0.906. The van der Waals surface area contributed by atoms with E-state index in [1.165, 1.54) is 0 Å². The first-order valence-electron chi connectivity index (χ1n) is 5.99. The molecular weight excluding hydrogens is 252 g/mol. The fraction of sp³-hybridized carbons (Fsp3) is 0.636. The maximum Gasteiger partial charge on any atom is 0.239 e. The Morgan fingerprint density at radius 3 is 2.56 bits per heavy atom. The van der Waals surface area contributed by atoms with E-state index < -0.39 is 0 Å². The van der Waals surface area contributed by atoms with Crippen LogP contribution in [0, 0.1) is 0 Å². The van der Waals surface area contributed by atoms with Gasteiger partial charge in [-0.15, -0.1) is 0 Å². The Morgan fingerprint density at radius 2 is 2.00 bits per heavy atom. The van der Waals surface area contributed by atoms with Gasteiger partial charge in [0.05, 0.1) is 6.20 Å². The average Bonchev–Trinajstić information content (AvgIpc) is 2.36. The first-order chi connectivity index (χ1) is 8.52. The minimum Gasteiger partial charge on any atom is -0.352 e. The highest BCUT2D eigenvalue weighted by Gasteiger charge is 2.28. The van der Waals surface area contributed by atoms with Gasteiger partial charge in [0.2, 0.25) is 5.95 Å². The standard InChI is InChI=1S/C11H19ClN6/c1-7-5-18(6-8(2)17(7)3)10-9(12)4-14-11(15-10)16-13/h4,7-8H,5-6,13H2,1-3H3,(H,14,15,16). The van der Waals surface area contributed by atoms with Gasteiger partial charge >= 0.3 is 0 Å². The lowest BCUT2D eigenvalue weighted by atomic mass is 10.1. The third kappa shape index (κ3) is 2.50. The predicted molar refractivity (Wildman–Crippen MR) is 73.8 cm³/mol. The molecule has 0 radical (unpaired) electrons. The van der Waals surface area contributed by atoms with E-state index in [4.69, 9.17) is 17.4 Å². The summed E-state index contributed by atoms with van der Waals surface area (Å²) in [4.78, 5) is 12.9. The fourth-order valence-electron chi connectivity index (χ4n) is 2.23. The quantitative estimate of drug-likeness (QED) is 0.616. The minimum absolute atomic E-state index is 0.383. The third-order valence-corrected chi connectivity index (χ3v) is 3.78. The second kappa shape index (κ2) is 5.26. The van der Waals surface area contributed by atoms with Crippen molar-refractivity contribution in [2.24, 2.45) is 5.84 Å². The summed E-state index contributed by atoms with van der Waals surface area (Å²) in [6.45, 7) is 6.17. The first kappa shape index (κ1) is 13.3. The van der Waals surface area contributed by atoms with E-state index in [1.807, 2.05) is 0 Å². The van der Waals surface area contributed by atoms with E-state index in [0.29, 0.717) is 23.1 Å². The molecule has 0 aromatic carbocycles. The van der Waals surface area contributed by atoms with Crippen molar-refractivity contribution in [1.82, 2.24) is 14.9 Å². The molecule has 100 valence electrons. The van der Waals surface area contributed by atoms with Crippen molar-refractivity contribution in [3.8, 4) is 0 Å². The molecule has 2 unspecified atom stereocenters. The second-order valence-electron chi connectivity index (χ2n) is 4.78. The highest BCUT2D eigenvalue weighted by atomic mass is 35.5. The number of nitrogens with zero attached hydrogens (tertiary/aromatic N) is 4. The highest BCUT2D eigenvalue weighted by molar-refractivity contribution is 6.32. The Labute approximate surface area is 112 Å². The van der Waals surface area contributed by atoms with Gasteiger partial charge in [-0.25, -0.2) is 10.8 Å². The molecule has 1 fully saturated rings. The van der Waals surface area contributed by atoms with Crippen LogP contribution in [0.2, 0.25) is 5.02 Å². The van der Waals surface area contributed by atoms with Crippen LogP contribution >= 0.6 is 11.6 Å². The number of hydrogen-bond acceptors (Lipinski definition) is 6. The van der Waals surface area contributed by atoms with Crippen LogP contribution in [0.3, 0.4) is 0 Å². The molecule has 0 aliphatic carbocycles. The van der Waals surface area contributed by atoms with Crippen molar-refractivity contribution in [2.45, 2.75) is 25.9 Å². The SMILES string of the molecule is CC1CN(c2nc(NN)ncc2Cl)CC(C)N1C. The van der Waals surface area contributed by atoms with Gasteiger partial charge < -0.3 is 4.90 Å². The number of rotatable bonds is 2. The molecule has 1 aromatic rings. The Morgan fingerprint density at radius 1 is 1.39 bits per heavy atom. The van der Waals surface area contributed by atoms with Gasteiger partial charge in [-0.2, -0.15) is 4.98 Å². The van der Waals surface area contributed by atoms with Gasteiger partial charge in [-0.3, -0.25) is 10.3 Å². The maximum absolute atomic E-state index is 6.17. The summed E-state index contributed by atoms with van der Waals surface area (Å²) in [5.41, 5.74) is 2.45. The molecule has 0 bridgehead atoms. The summed E-state index contributed by atoms with van der Waals surface area (Å²) in [5, 5.41) is 0.554. The number of hydrogen-bond donors (Lipinski definition) is 2. The topological polar surface area (TPSA) is 70.3 Å². The molecule has 18 heavy (non-hydrogen) atoms. The van der Waals surface area contributed by atoms with Crippen LogP contribution in [0.4, 0.5) is 11.8 Å². The van der Waals surface area contributed by atoms with E-state index in [-0.39, 0.29) is 0 Å². The van der Waals surface area contributed by atoms with Crippen LogP contribution < -0.4 is 16.2 Å². The molecule has 1 aromatic heterocycles. The van der Waals surface area contributed by atoms with Crippen LogP contribution in [0.1, 0.15) is 13.8 Å². The largest absolute Gasteiger partial charge is 0.352 e. The Kier molecular flexibility index (Phi) is 3.89. The normalized spacial score (nSPS) is 25.3. The molecule has 2 rings (SSSR count). The van der Waals surface area contributed by atoms with Crippen LogP contribution in [-0.2, 0) is 0 Å². The summed E-state index contributed by atoms with van der Waals surface area (Å²) >= 11 is 6.17. The van der Waals surface area contributed by atoms with Gasteiger partial charge in [0.25, 0.3) is 0 Å². The Bertz CT molecular complexity index is 414. The van der Waals surface area contributed by atoms with Gasteiger partial charge in [0, 0.05) is 25.2 Å². The fourth-order valence-corrected chi connectivity index (χ4v) is 2.44. The van der Waals surface area contributed by atoms with Crippen LogP contribution in [0.5, 0.6) is 0 Å². The van der Waals surface area contributed by atoms with Crippen molar-refractivity contribution in [1.29, 1.82) is 0 Å². The van der Waals surface area contributed by atoms with Gasteiger partial charge in [-0.1, -0.05) is 11.6 Å². The molecule has 2 atom stereocenters. The Balaban J connectivity index is 2.26. The molecule has 1 saturated heterocycles. The van der Waals surface area contributed by atoms with Crippen molar-refractivity contribution in [3.05, 3.63) is 11.2 Å². The molecule has 0 spiro atoms. The maximum atomic E-state index is 6.17. The average molecular weight is 271 g/mol. The zero-order chi connectivity index (χ0) is 13.3. The number of piperazine rings is 1. The van der Waals surface area contributed by atoms with Gasteiger partial charge in [0.1, 0.15) is 5.02 Å². The van der Waals surface area contributed by atoms with Gasteiger partial charge in [0.15, 0.2) is 5.82 Å². The van der Waals surface area contributed by atoms with Crippen LogP contribution in [0.15, 0.2) is 6.20 Å². The number of halogens is 1. The minimum atomic E-state index is 0.383. The lowest BCUT2D eigenvalue weighted by Crippen LogP contribution is -2.55. The van der Waals surface area contributed by atoms with E-state index in [1.54, 1.807) is 6.20 Å². The Hall–Kier alpha value is -1.11. The number of nitrogen functional groups attached to an aromatic ring is 1. The smallest absolute Gasteiger partial charge is 0.239 e. The summed E-state index contributed by atoms with van der Waals surface area (Å²) in [7, 11) is 2.14. The van der Waals surface area contributed by atoms with Crippen LogP contribution in [0.25, 0.3) is 0 Å². The van der Waals surface area contributed by atoms with Crippen molar-refractivity contribution in [2.75, 3.05) is 30.5 Å². The lowest BCUT2D eigenvalue weighted by molar-refractivity contribution is 0.169. The molecular formula is C11H19ClN6. The molecule has 1 aliphatic rings. The van der Waals surface area contributed by atoms with Crippen molar-refractivity contribution in [3.63, 3.8) is 0 Å². The van der Waals surface area contributed by atoms with E-state index >= 15 is 0 Å². The van der Waals surface area contributed by atoms with Crippen molar-refractivity contribution >= 4 is 23.4 Å². The van der Waals surface area contributed by atoms with E-state index in [2.05, 4.69) is 46.1 Å². The molecule has 7 heteroatoms. The molecule has 0 amide bonds. The monoisotopic (exact) mass is 270 g/mol. The molecule has 2 heterocycles. The molecule has 3 N–H and O–H groups in total. The number of likely N-dealkylation sites (N-methyl/N-ethyl adjacent to an activating group) is 1. The molecule has 0 saturated carbocycles. The van der Waals surface area contributed by atoms with Gasteiger partial charge in [-0.05, 0) is 20.9 Å². The van der Waals surface area contributed by atoms with E-state index in [9.17, 15) is 0 Å². The zero-order valence-corrected chi connectivity index (χ0v) is 11.6. The first-order valence-corrected chi connectivity index (χ1v) is 6.36.